The third kappa shape index (κ3) is 6.48. The highest BCUT2D eigenvalue weighted by atomic mass is 32.2. The van der Waals surface area contributed by atoms with Gasteiger partial charge in [-0.25, -0.2) is 8.42 Å². The number of amides is 2. The molecule has 0 saturated carbocycles. The third-order valence-corrected chi connectivity index (χ3v) is 7.84. The quantitative estimate of drug-likeness (QED) is 0.438. The van der Waals surface area contributed by atoms with Crippen molar-refractivity contribution in [2.45, 2.75) is 38.3 Å². The number of methoxy groups -OCH3 is 1. The molecular weight excluding hydrogens is 490 g/mol. The molecule has 0 heterocycles. The average molecular weight is 524 g/mol. The highest BCUT2D eigenvalue weighted by molar-refractivity contribution is 7.92. The van der Waals surface area contributed by atoms with Crippen LogP contribution in [0.5, 0.6) is 5.75 Å². The summed E-state index contributed by atoms with van der Waals surface area (Å²) >= 11 is 0. The summed E-state index contributed by atoms with van der Waals surface area (Å²) in [7, 11) is -1.21. The number of likely N-dealkylation sites (N-methyl/N-ethyl adjacent to an activating group) is 1. The lowest BCUT2D eigenvalue weighted by Gasteiger charge is -2.32. The Morgan fingerprint density at radius 2 is 1.62 bits per heavy atom. The Hall–Kier alpha value is -3.85. The fourth-order valence-corrected chi connectivity index (χ4v) is 5.46. The van der Waals surface area contributed by atoms with Crippen molar-refractivity contribution >= 4 is 27.5 Å². The second-order valence-electron chi connectivity index (χ2n) is 8.80. The van der Waals surface area contributed by atoms with Crippen LogP contribution in [0, 0.1) is 13.8 Å². The molecule has 0 aliphatic rings. The molecule has 0 radical (unpaired) electrons. The lowest BCUT2D eigenvalue weighted by atomic mass is 10.1. The fraction of sp³-hybridized carbons (Fsp3) is 0.286. The molecule has 0 aliphatic heterocycles. The van der Waals surface area contributed by atoms with E-state index in [0.29, 0.717) is 5.75 Å². The molecule has 9 heteroatoms. The highest BCUT2D eigenvalue weighted by Crippen LogP contribution is 2.33. The minimum atomic E-state index is -4.16. The van der Waals surface area contributed by atoms with Crippen molar-refractivity contribution in [1.82, 2.24) is 10.2 Å². The predicted molar refractivity (Wildman–Crippen MR) is 144 cm³/mol. The third-order valence-electron chi connectivity index (χ3n) is 6.06. The molecule has 37 heavy (non-hydrogen) atoms. The number of hydrogen-bond acceptors (Lipinski definition) is 5. The number of aryl methyl sites for hydroxylation is 2. The molecule has 1 N–H and O–H groups in total. The van der Waals surface area contributed by atoms with Crippen molar-refractivity contribution in [3.63, 3.8) is 0 Å². The standard InChI is InChI=1S/C28H33N3O5S/c1-20-10-9-11-23(16-20)18-30(22(3)28(33)29-4)27(32)19-31(25-17-21(2)14-15-26(25)36-5)37(34,35)24-12-7-6-8-13-24/h6-17,22H,18-19H2,1-5H3,(H,29,33)/t22-/m0/s1. The zero-order valence-corrected chi connectivity index (χ0v) is 22.6. The Balaban J connectivity index is 2.10. The summed E-state index contributed by atoms with van der Waals surface area (Å²) < 4.78 is 34.2. The molecule has 0 aromatic heterocycles. The first-order valence-electron chi connectivity index (χ1n) is 11.9. The number of carbonyl (C=O) groups is 2. The van der Waals surface area contributed by atoms with Gasteiger partial charge >= 0.3 is 0 Å². The van der Waals surface area contributed by atoms with Crippen LogP contribution >= 0.6 is 0 Å². The van der Waals surface area contributed by atoms with Crippen molar-refractivity contribution in [3.8, 4) is 5.75 Å². The van der Waals surface area contributed by atoms with Crippen LogP contribution in [-0.2, 0) is 26.2 Å². The Kier molecular flexibility index (Phi) is 8.94. The van der Waals surface area contributed by atoms with Gasteiger partial charge in [-0.3, -0.25) is 13.9 Å². The van der Waals surface area contributed by atoms with Gasteiger partial charge in [-0.05, 0) is 56.2 Å². The average Bonchev–Trinajstić information content (AvgIpc) is 2.89. The second kappa shape index (κ2) is 11.9. The van der Waals surface area contributed by atoms with E-state index in [1.165, 1.54) is 31.2 Å². The van der Waals surface area contributed by atoms with E-state index in [2.05, 4.69) is 5.32 Å². The summed E-state index contributed by atoms with van der Waals surface area (Å²) in [5.41, 5.74) is 2.87. The van der Waals surface area contributed by atoms with Crippen LogP contribution in [0.2, 0.25) is 0 Å². The van der Waals surface area contributed by atoms with Gasteiger partial charge in [-0.15, -0.1) is 0 Å². The molecule has 196 valence electrons. The molecule has 3 aromatic carbocycles. The van der Waals surface area contributed by atoms with E-state index in [9.17, 15) is 18.0 Å². The molecule has 3 aromatic rings. The molecule has 1 atom stereocenters. The first kappa shape index (κ1) is 27.7. The topological polar surface area (TPSA) is 96.0 Å². The van der Waals surface area contributed by atoms with E-state index in [-0.39, 0.29) is 23.0 Å². The Morgan fingerprint density at radius 3 is 2.24 bits per heavy atom. The van der Waals surface area contributed by atoms with Crippen LogP contribution in [0.1, 0.15) is 23.6 Å². The SMILES string of the molecule is CNC(=O)[C@H](C)N(Cc1cccc(C)c1)C(=O)CN(c1cc(C)ccc1OC)S(=O)(=O)c1ccccc1. The van der Waals surface area contributed by atoms with E-state index in [0.717, 1.165) is 21.0 Å². The maximum atomic E-state index is 13.9. The molecule has 3 rings (SSSR count). The van der Waals surface area contributed by atoms with Crippen molar-refractivity contribution in [1.29, 1.82) is 0 Å². The van der Waals surface area contributed by atoms with Crippen LogP contribution in [0.4, 0.5) is 5.69 Å². The van der Waals surface area contributed by atoms with Gasteiger partial charge in [-0.2, -0.15) is 0 Å². The first-order chi connectivity index (χ1) is 17.6. The number of hydrogen-bond donors (Lipinski definition) is 1. The van der Waals surface area contributed by atoms with Gasteiger partial charge in [-0.1, -0.05) is 54.1 Å². The van der Waals surface area contributed by atoms with Gasteiger partial charge in [0.2, 0.25) is 11.8 Å². The largest absolute Gasteiger partial charge is 0.495 e. The number of ether oxygens (including phenoxy) is 1. The summed E-state index contributed by atoms with van der Waals surface area (Å²) in [6.45, 7) is 5.01. The second-order valence-corrected chi connectivity index (χ2v) is 10.7. The van der Waals surface area contributed by atoms with E-state index >= 15 is 0 Å². The minimum Gasteiger partial charge on any atom is -0.495 e. The number of nitrogens with zero attached hydrogens (tertiary/aromatic N) is 2. The smallest absolute Gasteiger partial charge is 0.264 e. The molecule has 0 aliphatic carbocycles. The highest BCUT2D eigenvalue weighted by Gasteiger charge is 2.33. The fourth-order valence-electron chi connectivity index (χ4n) is 4.03. The van der Waals surface area contributed by atoms with Gasteiger partial charge in [0.1, 0.15) is 18.3 Å². The Labute approximate surface area is 218 Å². The van der Waals surface area contributed by atoms with E-state index in [1.54, 1.807) is 43.3 Å². The number of anilines is 1. The first-order valence-corrected chi connectivity index (χ1v) is 13.3. The Bertz CT molecular complexity index is 1360. The van der Waals surface area contributed by atoms with Crippen LogP contribution in [0.3, 0.4) is 0 Å². The van der Waals surface area contributed by atoms with Crippen LogP contribution < -0.4 is 14.4 Å². The maximum Gasteiger partial charge on any atom is 0.264 e. The van der Waals surface area contributed by atoms with Gasteiger partial charge in [0, 0.05) is 13.6 Å². The summed E-state index contributed by atoms with van der Waals surface area (Å²) in [5.74, 6) is -0.574. The van der Waals surface area contributed by atoms with Crippen molar-refractivity contribution < 1.29 is 22.7 Å². The lowest BCUT2D eigenvalue weighted by molar-refractivity contribution is -0.139. The number of benzene rings is 3. The molecule has 0 bridgehead atoms. The predicted octanol–water partition coefficient (Wildman–Crippen LogP) is 3.67. The number of sulfonamides is 1. The molecule has 0 saturated heterocycles. The lowest BCUT2D eigenvalue weighted by Crippen LogP contribution is -2.50. The number of carbonyl (C=O) groups excluding carboxylic acids is 2. The van der Waals surface area contributed by atoms with Gasteiger partial charge in [0.25, 0.3) is 10.0 Å². The molecule has 0 fully saturated rings. The molecule has 2 amide bonds. The van der Waals surface area contributed by atoms with E-state index < -0.39 is 28.5 Å². The van der Waals surface area contributed by atoms with Crippen LogP contribution in [0.25, 0.3) is 0 Å². The molecule has 0 unspecified atom stereocenters. The zero-order chi connectivity index (χ0) is 27.2. The van der Waals surface area contributed by atoms with E-state index in [1.807, 2.05) is 38.1 Å². The summed E-state index contributed by atoms with van der Waals surface area (Å²) in [6.07, 6.45) is 0. The summed E-state index contributed by atoms with van der Waals surface area (Å²) in [6, 6.07) is 19.8. The van der Waals surface area contributed by atoms with Crippen LogP contribution in [0.15, 0.2) is 77.7 Å². The minimum absolute atomic E-state index is 0.0379. The normalized spacial score (nSPS) is 11.9. The summed E-state index contributed by atoms with van der Waals surface area (Å²) in [5, 5.41) is 2.58. The van der Waals surface area contributed by atoms with Gasteiger partial charge in [0.15, 0.2) is 0 Å². The van der Waals surface area contributed by atoms with Crippen molar-refractivity contribution in [2.75, 3.05) is 25.0 Å². The van der Waals surface area contributed by atoms with Crippen molar-refractivity contribution in [3.05, 3.63) is 89.5 Å². The summed E-state index contributed by atoms with van der Waals surface area (Å²) in [4.78, 5) is 27.8. The zero-order valence-electron chi connectivity index (χ0n) is 21.8. The van der Waals surface area contributed by atoms with Gasteiger partial charge < -0.3 is 15.0 Å². The van der Waals surface area contributed by atoms with Crippen LogP contribution in [-0.4, -0.2) is 51.9 Å². The molecule has 8 nitrogen and oxygen atoms in total. The number of rotatable bonds is 10. The van der Waals surface area contributed by atoms with Gasteiger partial charge in [0.05, 0.1) is 17.7 Å². The van der Waals surface area contributed by atoms with E-state index in [4.69, 9.17) is 4.74 Å². The monoisotopic (exact) mass is 523 g/mol. The maximum absolute atomic E-state index is 13.9. The molecular formula is C28H33N3O5S. The Morgan fingerprint density at radius 1 is 0.946 bits per heavy atom. The molecule has 0 spiro atoms. The van der Waals surface area contributed by atoms with Crippen molar-refractivity contribution in [2.24, 2.45) is 0 Å². The number of nitrogens with one attached hydrogen (secondary N) is 1.